The number of carbonyl (C=O) groups is 2. The van der Waals surface area contributed by atoms with Crippen molar-refractivity contribution in [2.75, 3.05) is 10.6 Å². The number of anilines is 2. The predicted octanol–water partition coefficient (Wildman–Crippen LogP) is 4.09. The third-order valence-electron chi connectivity index (χ3n) is 3.70. The molecule has 1 aromatic carbocycles. The second-order valence-electron chi connectivity index (χ2n) is 5.72. The van der Waals surface area contributed by atoms with Crippen LogP contribution < -0.4 is 16.0 Å². The summed E-state index contributed by atoms with van der Waals surface area (Å²) in [6.07, 6.45) is 5.45. The van der Waals surface area contributed by atoms with Crippen molar-refractivity contribution in [1.82, 2.24) is 10.3 Å². The maximum atomic E-state index is 12.3. The molecular weight excluding hydrogens is 316 g/mol. The second-order valence-corrected chi connectivity index (χ2v) is 5.72. The van der Waals surface area contributed by atoms with Crippen LogP contribution in [0.2, 0.25) is 0 Å². The van der Waals surface area contributed by atoms with Crippen LogP contribution in [0.15, 0.2) is 48.8 Å². The Morgan fingerprint density at radius 1 is 1.04 bits per heavy atom. The molecule has 0 saturated carbocycles. The number of hydrogen-bond donors (Lipinski definition) is 3. The molecule has 2 rings (SSSR count). The standard InChI is InChI=1S/C19H24N4O2/c1-3-6-18(24)21-15-7-5-8-16(13-15)22-19(25)23-17(4-2)14-9-11-20-12-10-14/h5,7-13,17H,3-4,6H2,1-2H3,(H,21,24)(H2,22,23,25)/t17-/m0/s1. The van der Waals surface area contributed by atoms with E-state index < -0.39 is 0 Å². The van der Waals surface area contributed by atoms with Crippen molar-refractivity contribution < 1.29 is 9.59 Å². The Morgan fingerprint density at radius 3 is 2.36 bits per heavy atom. The summed E-state index contributed by atoms with van der Waals surface area (Å²) in [5.74, 6) is -0.0344. The number of amides is 3. The van der Waals surface area contributed by atoms with E-state index in [0.29, 0.717) is 17.8 Å². The van der Waals surface area contributed by atoms with Crippen LogP contribution in [0.4, 0.5) is 16.2 Å². The van der Waals surface area contributed by atoms with E-state index >= 15 is 0 Å². The second kappa shape index (κ2) is 9.42. The molecule has 1 atom stereocenters. The Bertz CT molecular complexity index is 704. The van der Waals surface area contributed by atoms with Crippen LogP contribution >= 0.6 is 0 Å². The minimum atomic E-state index is -0.291. The molecule has 0 aliphatic carbocycles. The molecular formula is C19H24N4O2. The third-order valence-corrected chi connectivity index (χ3v) is 3.70. The van der Waals surface area contributed by atoms with Crippen LogP contribution in [0.25, 0.3) is 0 Å². The molecule has 0 bridgehead atoms. The van der Waals surface area contributed by atoms with Gasteiger partial charge in [0.2, 0.25) is 5.91 Å². The van der Waals surface area contributed by atoms with Gasteiger partial charge >= 0.3 is 6.03 Å². The molecule has 0 saturated heterocycles. The molecule has 2 aromatic rings. The molecule has 3 N–H and O–H groups in total. The lowest BCUT2D eigenvalue weighted by Crippen LogP contribution is -2.32. The first-order valence-corrected chi connectivity index (χ1v) is 8.49. The lowest BCUT2D eigenvalue weighted by atomic mass is 10.1. The highest BCUT2D eigenvalue weighted by molar-refractivity contribution is 5.93. The van der Waals surface area contributed by atoms with Gasteiger partial charge in [0.15, 0.2) is 0 Å². The monoisotopic (exact) mass is 340 g/mol. The SMILES string of the molecule is CCCC(=O)Nc1cccc(NC(=O)N[C@@H](CC)c2ccncc2)c1. The quantitative estimate of drug-likeness (QED) is 0.710. The van der Waals surface area contributed by atoms with Gasteiger partial charge in [0.25, 0.3) is 0 Å². The number of rotatable bonds is 7. The van der Waals surface area contributed by atoms with E-state index in [2.05, 4.69) is 20.9 Å². The number of aromatic nitrogens is 1. The van der Waals surface area contributed by atoms with Gasteiger partial charge < -0.3 is 16.0 Å². The van der Waals surface area contributed by atoms with Crippen LogP contribution in [-0.2, 0) is 4.79 Å². The summed E-state index contributed by atoms with van der Waals surface area (Å²) in [6, 6.07) is 10.5. The molecule has 0 aliphatic heterocycles. The number of benzene rings is 1. The zero-order valence-electron chi connectivity index (χ0n) is 14.6. The van der Waals surface area contributed by atoms with E-state index in [0.717, 1.165) is 18.4 Å². The van der Waals surface area contributed by atoms with Gasteiger partial charge in [-0.2, -0.15) is 0 Å². The normalized spacial score (nSPS) is 11.4. The van der Waals surface area contributed by atoms with E-state index in [1.54, 1.807) is 36.7 Å². The fourth-order valence-corrected chi connectivity index (χ4v) is 2.47. The van der Waals surface area contributed by atoms with E-state index in [4.69, 9.17) is 0 Å². The van der Waals surface area contributed by atoms with Gasteiger partial charge in [-0.05, 0) is 48.7 Å². The highest BCUT2D eigenvalue weighted by Crippen LogP contribution is 2.18. The van der Waals surface area contributed by atoms with Crippen molar-refractivity contribution in [2.24, 2.45) is 0 Å². The minimum Gasteiger partial charge on any atom is -0.331 e. The Morgan fingerprint density at radius 2 is 1.72 bits per heavy atom. The number of nitrogens with one attached hydrogen (secondary N) is 3. The van der Waals surface area contributed by atoms with Crippen molar-refractivity contribution in [1.29, 1.82) is 0 Å². The van der Waals surface area contributed by atoms with Crippen molar-refractivity contribution in [3.63, 3.8) is 0 Å². The molecule has 6 nitrogen and oxygen atoms in total. The van der Waals surface area contributed by atoms with Crippen molar-refractivity contribution in [3.8, 4) is 0 Å². The summed E-state index contributed by atoms with van der Waals surface area (Å²) in [6.45, 7) is 3.96. The predicted molar refractivity (Wildman–Crippen MR) is 99.4 cm³/mol. The maximum Gasteiger partial charge on any atom is 0.319 e. The van der Waals surface area contributed by atoms with Gasteiger partial charge in [-0.25, -0.2) is 4.79 Å². The lowest BCUT2D eigenvalue weighted by Gasteiger charge is -2.18. The molecule has 1 heterocycles. The number of hydrogen-bond acceptors (Lipinski definition) is 3. The molecule has 25 heavy (non-hydrogen) atoms. The van der Waals surface area contributed by atoms with Gasteiger partial charge in [-0.3, -0.25) is 9.78 Å². The highest BCUT2D eigenvalue weighted by Gasteiger charge is 2.12. The minimum absolute atomic E-state index is 0.0344. The maximum absolute atomic E-state index is 12.3. The van der Waals surface area contributed by atoms with Gasteiger partial charge in [-0.15, -0.1) is 0 Å². The van der Waals surface area contributed by atoms with Crippen LogP contribution in [-0.4, -0.2) is 16.9 Å². The molecule has 3 amide bonds. The van der Waals surface area contributed by atoms with Crippen molar-refractivity contribution in [2.45, 2.75) is 39.2 Å². The van der Waals surface area contributed by atoms with Crippen LogP contribution in [0.1, 0.15) is 44.7 Å². The Hall–Kier alpha value is -2.89. The van der Waals surface area contributed by atoms with Crippen LogP contribution in [0.3, 0.4) is 0 Å². The van der Waals surface area contributed by atoms with Crippen molar-refractivity contribution >= 4 is 23.3 Å². The summed E-state index contributed by atoms with van der Waals surface area (Å²) < 4.78 is 0. The van der Waals surface area contributed by atoms with Crippen LogP contribution in [0, 0.1) is 0 Å². The molecule has 0 radical (unpaired) electrons. The Balaban J connectivity index is 1.97. The number of urea groups is 1. The van der Waals surface area contributed by atoms with E-state index in [1.807, 2.05) is 26.0 Å². The van der Waals surface area contributed by atoms with E-state index in [9.17, 15) is 9.59 Å². The zero-order valence-corrected chi connectivity index (χ0v) is 14.6. The van der Waals surface area contributed by atoms with E-state index in [-0.39, 0.29) is 18.0 Å². The average Bonchev–Trinajstić information content (AvgIpc) is 2.61. The molecule has 0 aliphatic rings. The number of pyridine rings is 1. The topological polar surface area (TPSA) is 83.1 Å². The van der Waals surface area contributed by atoms with Gasteiger partial charge in [-0.1, -0.05) is 19.9 Å². The molecule has 0 fully saturated rings. The molecule has 0 spiro atoms. The first kappa shape index (κ1) is 18.4. The molecule has 132 valence electrons. The summed E-state index contributed by atoms with van der Waals surface area (Å²) >= 11 is 0. The summed E-state index contributed by atoms with van der Waals surface area (Å²) in [4.78, 5) is 27.9. The smallest absolute Gasteiger partial charge is 0.319 e. The average molecular weight is 340 g/mol. The van der Waals surface area contributed by atoms with E-state index in [1.165, 1.54) is 0 Å². The lowest BCUT2D eigenvalue weighted by molar-refractivity contribution is -0.116. The fourth-order valence-electron chi connectivity index (χ4n) is 2.47. The fraction of sp³-hybridized carbons (Fsp3) is 0.316. The molecule has 1 aromatic heterocycles. The highest BCUT2D eigenvalue weighted by atomic mass is 16.2. The van der Waals surface area contributed by atoms with Gasteiger partial charge in [0.05, 0.1) is 6.04 Å². The van der Waals surface area contributed by atoms with Gasteiger partial charge in [0, 0.05) is 30.2 Å². The largest absolute Gasteiger partial charge is 0.331 e. The first-order valence-electron chi connectivity index (χ1n) is 8.49. The molecule has 0 unspecified atom stereocenters. The number of nitrogens with zero attached hydrogens (tertiary/aromatic N) is 1. The van der Waals surface area contributed by atoms with Gasteiger partial charge in [0.1, 0.15) is 0 Å². The Labute approximate surface area is 148 Å². The zero-order chi connectivity index (χ0) is 18.1. The third kappa shape index (κ3) is 5.91. The summed E-state index contributed by atoms with van der Waals surface area (Å²) in [7, 11) is 0. The summed E-state index contributed by atoms with van der Waals surface area (Å²) in [5.41, 5.74) is 2.29. The first-order chi connectivity index (χ1) is 12.1. The summed E-state index contributed by atoms with van der Waals surface area (Å²) in [5, 5.41) is 8.57. The Kier molecular flexibility index (Phi) is 6.95. The number of carbonyl (C=O) groups excluding carboxylic acids is 2. The molecule has 6 heteroatoms. The van der Waals surface area contributed by atoms with Crippen LogP contribution in [0.5, 0.6) is 0 Å². The van der Waals surface area contributed by atoms with Crippen molar-refractivity contribution in [3.05, 3.63) is 54.4 Å².